The summed E-state index contributed by atoms with van der Waals surface area (Å²) >= 11 is 1.93. The van der Waals surface area contributed by atoms with Crippen LogP contribution in [0.2, 0.25) is 0 Å². The van der Waals surface area contributed by atoms with Crippen molar-refractivity contribution in [3.05, 3.63) is 11.9 Å². The van der Waals surface area contributed by atoms with Gasteiger partial charge in [-0.3, -0.25) is 9.48 Å². The largest absolute Gasteiger partial charge is 0.332 e. The molecule has 106 valence electrons. The van der Waals surface area contributed by atoms with Crippen LogP contribution < -0.4 is 0 Å². The Morgan fingerprint density at radius 1 is 1.58 bits per heavy atom. The summed E-state index contributed by atoms with van der Waals surface area (Å²) < 4.78 is 1.57. The normalized spacial score (nSPS) is 20.6. The maximum absolute atomic E-state index is 12.5. The number of hydrogen-bond acceptors (Lipinski definition) is 5. The molecule has 1 aromatic rings. The molecule has 7 heteroatoms. The molecule has 1 saturated heterocycles. The number of carbonyl (C=O) groups excluding carboxylic acids is 1. The molecule has 0 radical (unpaired) electrons. The number of rotatable bonds is 3. The molecule has 0 aromatic carbocycles. The second-order valence-electron chi connectivity index (χ2n) is 5.12. The Balaban J connectivity index is 2.14. The van der Waals surface area contributed by atoms with Gasteiger partial charge in [0.15, 0.2) is 5.69 Å². The molecule has 1 aromatic heterocycles. The quantitative estimate of drug-likeness (QED) is 0.800. The Morgan fingerprint density at radius 3 is 3.00 bits per heavy atom. The van der Waals surface area contributed by atoms with E-state index in [0.717, 1.165) is 31.0 Å². The molecular weight excluding hydrogens is 262 g/mol. The Kier molecular flexibility index (Phi) is 4.81. The average molecular weight is 283 g/mol. The van der Waals surface area contributed by atoms with Crippen LogP contribution in [0.15, 0.2) is 6.20 Å². The molecule has 19 heavy (non-hydrogen) atoms. The highest BCUT2D eigenvalue weighted by molar-refractivity contribution is 7.99. The molecule has 1 aliphatic rings. The highest BCUT2D eigenvalue weighted by Gasteiger charge is 2.28. The summed E-state index contributed by atoms with van der Waals surface area (Å²) in [5, 5.41) is 7.78. The van der Waals surface area contributed by atoms with E-state index < -0.39 is 0 Å². The maximum atomic E-state index is 12.5. The van der Waals surface area contributed by atoms with E-state index in [0.29, 0.717) is 5.69 Å². The van der Waals surface area contributed by atoms with Crippen LogP contribution in [0.1, 0.15) is 16.9 Å². The fourth-order valence-electron chi connectivity index (χ4n) is 2.26. The van der Waals surface area contributed by atoms with Crippen LogP contribution in [-0.4, -0.2) is 75.4 Å². The number of carbonyl (C=O) groups is 1. The third-order valence-corrected chi connectivity index (χ3v) is 4.30. The van der Waals surface area contributed by atoms with Gasteiger partial charge in [0.05, 0.1) is 12.2 Å². The first-order valence-corrected chi connectivity index (χ1v) is 7.63. The molecule has 1 amide bonds. The van der Waals surface area contributed by atoms with Gasteiger partial charge in [-0.25, -0.2) is 0 Å². The highest BCUT2D eigenvalue weighted by atomic mass is 32.2. The molecule has 0 spiro atoms. The van der Waals surface area contributed by atoms with Gasteiger partial charge in [-0.05, 0) is 26.3 Å². The van der Waals surface area contributed by atoms with Crippen LogP contribution in [-0.2, 0) is 7.05 Å². The first-order valence-electron chi connectivity index (χ1n) is 6.47. The molecule has 1 fully saturated rings. The zero-order valence-corrected chi connectivity index (χ0v) is 12.6. The molecular formula is C12H21N5OS. The van der Waals surface area contributed by atoms with E-state index in [9.17, 15) is 4.79 Å². The molecule has 0 aliphatic carbocycles. The summed E-state index contributed by atoms with van der Waals surface area (Å²) in [5.74, 6) is 2.11. The first-order chi connectivity index (χ1) is 9.08. The lowest BCUT2D eigenvalue weighted by Gasteiger charge is -2.31. The van der Waals surface area contributed by atoms with Crippen molar-refractivity contribution >= 4 is 17.7 Å². The lowest BCUT2D eigenvalue weighted by Crippen LogP contribution is -2.46. The monoisotopic (exact) mass is 283 g/mol. The van der Waals surface area contributed by atoms with E-state index in [1.807, 2.05) is 30.8 Å². The van der Waals surface area contributed by atoms with Gasteiger partial charge in [0, 0.05) is 25.9 Å². The lowest BCUT2D eigenvalue weighted by atomic mass is 10.2. The third kappa shape index (κ3) is 3.70. The summed E-state index contributed by atoms with van der Waals surface area (Å²) in [5.41, 5.74) is 0.443. The molecule has 2 rings (SSSR count). The van der Waals surface area contributed by atoms with Crippen molar-refractivity contribution in [2.45, 2.75) is 12.5 Å². The number of thioether (sulfide) groups is 1. The molecule has 1 aliphatic heterocycles. The van der Waals surface area contributed by atoms with Crippen molar-refractivity contribution < 1.29 is 4.79 Å². The van der Waals surface area contributed by atoms with Crippen molar-refractivity contribution in [2.75, 3.05) is 38.7 Å². The summed E-state index contributed by atoms with van der Waals surface area (Å²) in [6, 6.07) is 0.247. The molecule has 6 nitrogen and oxygen atoms in total. The number of nitrogens with zero attached hydrogens (tertiary/aromatic N) is 5. The van der Waals surface area contributed by atoms with E-state index >= 15 is 0 Å². The van der Waals surface area contributed by atoms with Crippen molar-refractivity contribution in [1.82, 2.24) is 24.8 Å². The van der Waals surface area contributed by atoms with Gasteiger partial charge in [0.1, 0.15) is 0 Å². The average Bonchev–Trinajstić information content (AvgIpc) is 2.65. The Hall–Kier alpha value is -1.08. The van der Waals surface area contributed by atoms with Gasteiger partial charge in [0.2, 0.25) is 0 Å². The van der Waals surface area contributed by atoms with Gasteiger partial charge in [-0.15, -0.1) is 5.10 Å². The first kappa shape index (κ1) is 14.3. The van der Waals surface area contributed by atoms with Gasteiger partial charge >= 0.3 is 0 Å². The summed E-state index contributed by atoms with van der Waals surface area (Å²) in [7, 11) is 5.86. The van der Waals surface area contributed by atoms with E-state index in [-0.39, 0.29) is 11.9 Å². The SMILES string of the molecule is CN(C)C[C@@H]1CSCCCN1C(=O)c1cn(C)nn1. The zero-order chi connectivity index (χ0) is 13.8. The third-order valence-electron chi connectivity index (χ3n) is 3.10. The van der Waals surface area contributed by atoms with Gasteiger partial charge in [-0.2, -0.15) is 11.8 Å². The minimum absolute atomic E-state index is 0.00227. The Labute approximate surface area is 118 Å². The smallest absolute Gasteiger partial charge is 0.276 e. The van der Waals surface area contributed by atoms with Crippen molar-refractivity contribution in [3.8, 4) is 0 Å². The maximum Gasteiger partial charge on any atom is 0.276 e. The standard InChI is InChI=1S/C12H21N5OS/c1-15(2)7-10-9-19-6-4-5-17(10)12(18)11-8-16(3)14-13-11/h8,10H,4-7,9H2,1-3H3/t10-/m1/s1. The molecule has 2 heterocycles. The summed E-state index contributed by atoms with van der Waals surface area (Å²) in [6.45, 7) is 1.69. The second-order valence-corrected chi connectivity index (χ2v) is 6.27. The van der Waals surface area contributed by atoms with E-state index in [1.54, 1.807) is 17.9 Å². The van der Waals surface area contributed by atoms with E-state index in [2.05, 4.69) is 15.2 Å². The van der Waals surface area contributed by atoms with Crippen LogP contribution in [0.5, 0.6) is 0 Å². The number of hydrogen-bond donors (Lipinski definition) is 0. The predicted molar refractivity (Wildman–Crippen MR) is 76.3 cm³/mol. The summed E-state index contributed by atoms with van der Waals surface area (Å²) in [6.07, 6.45) is 2.73. The fourth-order valence-corrected chi connectivity index (χ4v) is 3.32. The molecule has 1 atom stereocenters. The Morgan fingerprint density at radius 2 is 2.37 bits per heavy atom. The van der Waals surface area contributed by atoms with Crippen LogP contribution in [0.3, 0.4) is 0 Å². The summed E-state index contributed by atoms with van der Waals surface area (Å²) in [4.78, 5) is 16.6. The van der Waals surface area contributed by atoms with Crippen LogP contribution in [0.25, 0.3) is 0 Å². The topological polar surface area (TPSA) is 54.3 Å². The second kappa shape index (κ2) is 6.38. The van der Waals surface area contributed by atoms with Crippen molar-refractivity contribution in [3.63, 3.8) is 0 Å². The molecule has 0 N–H and O–H groups in total. The van der Waals surface area contributed by atoms with Gasteiger partial charge < -0.3 is 9.80 Å². The number of amides is 1. The van der Waals surface area contributed by atoms with Crippen LogP contribution in [0, 0.1) is 0 Å². The predicted octanol–water partition coefficient (Wildman–Crippen LogP) is 0.324. The molecule has 0 unspecified atom stereocenters. The number of likely N-dealkylation sites (N-methyl/N-ethyl adjacent to an activating group) is 1. The molecule has 0 bridgehead atoms. The Bertz CT molecular complexity index is 434. The van der Waals surface area contributed by atoms with Gasteiger partial charge in [0.25, 0.3) is 5.91 Å². The fraction of sp³-hybridized carbons (Fsp3) is 0.750. The van der Waals surface area contributed by atoms with Crippen molar-refractivity contribution in [2.24, 2.45) is 7.05 Å². The number of aromatic nitrogens is 3. The molecule has 0 saturated carbocycles. The number of aryl methyl sites for hydroxylation is 1. The van der Waals surface area contributed by atoms with Crippen LogP contribution in [0.4, 0.5) is 0 Å². The minimum atomic E-state index is 0.00227. The van der Waals surface area contributed by atoms with Crippen LogP contribution >= 0.6 is 11.8 Å². The lowest BCUT2D eigenvalue weighted by molar-refractivity contribution is 0.0669. The van der Waals surface area contributed by atoms with Crippen molar-refractivity contribution in [1.29, 1.82) is 0 Å². The van der Waals surface area contributed by atoms with E-state index in [4.69, 9.17) is 0 Å². The van der Waals surface area contributed by atoms with Gasteiger partial charge in [-0.1, -0.05) is 5.21 Å². The zero-order valence-electron chi connectivity index (χ0n) is 11.7. The highest BCUT2D eigenvalue weighted by Crippen LogP contribution is 2.18. The minimum Gasteiger partial charge on any atom is -0.332 e. The van der Waals surface area contributed by atoms with E-state index in [1.165, 1.54) is 0 Å².